The molecule has 0 aliphatic carbocycles. The number of benzene rings is 2. The van der Waals surface area contributed by atoms with E-state index in [0.717, 1.165) is 11.8 Å². The van der Waals surface area contributed by atoms with Crippen LogP contribution in [0.5, 0.6) is 0 Å². The number of hydrogen-bond donors (Lipinski definition) is 0. The number of hydrogen-bond acceptors (Lipinski definition) is 5. The van der Waals surface area contributed by atoms with Gasteiger partial charge in [-0.25, -0.2) is 14.2 Å². The van der Waals surface area contributed by atoms with E-state index >= 15 is 0 Å². The van der Waals surface area contributed by atoms with Gasteiger partial charge in [0, 0.05) is 34.8 Å². The van der Waals surface area contributed by atoms with Crippen molar-refractivity contribution >= 4 is 46.4 Å². The third kappa shape index (κ3) is 3.76. The monoisotopic (exact) mass is 500 g/mol. The molecule has 1 aliphatic rings. The average Bonchev–Trinajstić information content (AvgIpc) is 3.52. The van der Waals surface area contributed by atoms with Gasteiger partial charge in [-0.3, -0.25) is 9.48 Å². The molecule has 5 rings (SSSR count). The molecule has 0 spiro atoms. The molecule has 7 nitrogen and oxygen atoms in total. The molecule has 0 fully saturated rings. The Morgan fingerprint density at radius 1 is 1.32 bits per heavy atom. The first-order valence-corrected chi connectivity index (χ1v) is 11.4. The van der Waals surface area contributed by atoms with Crippen LogP contribution in [0, 0.1) is 0 Å². The van der Waals surface area contributed by atoms with E-state index in [-0.39, 0.29) is 19.6 Å². The summed E-state index contributed by atoms with van der Waals surface area (Å²) in [6, 6.07) is 7.61. The van der Waals surface area contributed by atoms with Gasteiger partial charge in [0.05, 0.1) is 35.2 Å². The van der Waals surface area contributed by atoms with Crippen LogP contribution in [0.25, 0.3) is 22.0 Å². The first-order valence-electron chi connectivity index (χ1n) is 10.7. The van der Waals surface area contributed by atoms with Crippen molar-refractivity contribution in [1.82, 2.24) is 19.3 Å². The molecule has 2 atom stereocenters. The minimum Gasteiger partial charge on any atom is -0.464 e. The van der Waals surface area contributed by atoms with Gasteiger partial charge in [-0.1, -0.05) is 47.5 Å². The number of carbonyl (C=O) groups excluding carboxylic acids is 2. The number of aromatic nitrogens is 4. The molecule has 1 unspecified atom stereocenters. The molecule has 0 N–H and O–H groups in total. The van der Waals surface area contributed by atoms with Gasteiger partial charge in [-0.2, -0.15) is 5.10 Å². The second-order valence-electron chi connectivity index (χ2n) is 8.02. The van der Waals surface area contributed by atoms with Crippen molar-refractivity contribution in [3.63, 3.8) is 0 Å². The van der Waals surface area contributed by atoms with E-state index in [1.807, 2.05) is 0 Å². The lowest BCUT2D eigenvalue weighted by Crippen LogP contribution is -2.25. The smallest absolute Gasteiger partial charge is 0.337 e. The standard InChI is InChI=1S/C24H19Cl2FN4O3/c1-2-34-24(33)23(22-19-7-15(27)9-30(19)12-28-22)31-10-17-18(25)8-16(20(26)21(17)29-31)14-5-3-13(11-32)4-6-14/h3-6,8,10-12,15,23H,2,7,9H2,1H3/t15-,23?/m1/s1. The maximum Gasteiger partial charge on any atom is 0.337 e. The van der Waals surface area contributed by atoms with Crippen molar-refractivity contribution in [1.29, 1.82) is 0 Å². The molecule has 0 amide bonds. The number of carbonyl (C=O) groups is 2. The fraction of sp³-hybridized carbons (Fsp3) is 0.250. The molecular weight excluding hydrogens is 482 g/mol. The third-order valence-corrected chi connectivity index (χ3v) is 6.58. The Labute approximate surface area is 204 Å². The molecular formula is C24H19Cl2FN4O3. The van der Waals surface area contributed by atoms with Crippen LogP contribution in [0.15, 0.2) is 42.9 Å². The summed E-state index contributed by atoms with van der Waals surface area (Å²) < 4.78 is 22.5. The van der Waals surface area contributed by atoms with E-state index in [4.69, 9.17) is 27.9 Å². The minimum absolute atomic E-state index is 0.161. The number of aldehydes is 1. The lowest BCUT2D eigenvalue weighted by molar-refractivity contribution is -0.146. The van der Waals surface area contributed by atoms with Crippen LogP contribution in [0.3, 0.4) is 0 Å². The lowest BCUT2D eigenvalue weighted by atomic mass is 10.0. The minimum atomic E-state index is -1.03. The van der Waals surface area contributed by atoms with E-state index in [2.05, 4.69) is 10.1 Å². The molecule has 174 valence electrons. The lowest BCUT2D eigenvalue weighted by Gasteiger charge is -2.15. The van der Waals surface area contributed by atoms with Gasteiger partial charge >= 0.3 is 5.97 Å². The van der Waals surface area contributed by atoms with Gasteiger partial charge < -0.3 is 9.30 Å². The van der Waals surface area contributed by atoms with Gasteiger partial charge in [-0.15, -0.1) is 0 Å². The summed E-state index contributed by atoms with van der Waals surface area (Å²) in [5.74, 6) is -0.559. The van der Waals surface area contributed by atoms with E-state index < -0.39 is 18.2 Å². The van der Waals surface area contributed by atoms with Crippen molar-refractivity contribution < 1.29 is 18.7 Å². The fourth-order valence-electron chi connectivity index (χ4n) is 4.29. The van der Waals surface area contributed by atoms with Gasteiger partial charge in [0.15, 0.2) is 6.04 Å². The molecule has 1 aliphatic heterocycles. The number of fused-ring (bicyclic) bond motifs is 2. The fourth-order valence-corrected chi connectivity index (χ4v) is 4.84. The number of nitrogens with zero attached hydrogens (tertiary/aromatic N) is 4. The van der Waals surface area contributed by atoms with Gasteiger partial charge in [0.1, 0.15) is 18.0 Å². The zero-order valence-corrected chi connectivity index (χ0v) is 19.6. The Kier molecular flexibility index (Phi) is 5.87. The summed E-state index contributed by atoms with van der Waals surface area (Å²) in [6.07, 6.45) is 3.04. The molecule has 0 saturated carbocycles. The Balaban J connectivity index is 1.64. The highest BCUT2D eigenvalue weighted by Crippen LogP contribution is 2.39. The second-order valence-corrected chi connectivity index (χ2v) is 8.80. The van der Waals surface area contributed by atoms with Crippen molar-refractivity contribution in [3.05, 3.63) is 69.9 Å². The molecule has 0 bridgehead atoms. The van der Waals surface area contributed by atoms with E-state index in [0.29, 0.717) is 43.5 Å². The average molecular weight is 501 g/mol. The zero-order valence-electron chi connectivity index (χ0n) is 18.0. The number of alkyl halides is 1. The van der Waals surface area contributed by atoms with Crippen LogP contribution in [0.1, 0.15) is 34.7 Å². The van der Waals surface area contributed by atoms with Gasteiger partial charge in [0.2, 0.25) is 0 Å². The van der Waals surface area contributed by atoms with E-state index in [1.54, 1.807) is 48.0 Å². The highest BCUT2D eigenvalue weighted by Gasteiger charge is 2.35. The summed E-state index contributed by atoms with van der Waals surface area (Å²) in [5, 5.41) is 5.88. The van der Waals surface area contributed by atoms with Crippen molar-refractivity contribution in [2.24, 2.45) is 0 Å². The van der Waals surface area contributed by atoms with Crippen LogP contribution >= 0.6 is 23.2 Å². The van der Waals surface area contributed by atoms with Crippen molar-refractivity contribution in [2.75, 3.05) is 6.61 Å². The maximum atomic E-state index is 14.0. The molecule has 2 aromatic heterocycles. The predicted molar refractivity (Wildman–Crippen MR) is 126 cm³/mol. The zero-order chi connectivity index (χ0) is 24.0. The highest BCUT2D eigenvalue weighted by molar-refractivity contribution is 6.42. The normalized spacial score (nSPS) is 15.9. The largest absolute Gasteiger partial charge is 0.464 e. The first-order chi connectivity index (χ1) is 16.4. The molecule has 0 radical (unpaired) electrons. The van der Waals surface area contributed by atoms with Gasteiger partial charge in [0.25, 0.3) is 0 Å². The third-order valence-electron chi connectivity index (χ3n) is 5.88. The molecule has 34 heavy (non-hydrogen) atoms. The number of imidazole rings is 1. The van der Waals surface area contributed by atoms with Crippen LogP contribution in [0.2, 0.25) is 10.0 Å². The summed E-state index contributed by atoms with van der Waals surface area (Å²) in [4.78, 5) is 28.4. The van der Waals surface area contributed by atoms with Gasteiger partial charge in [-0.05, 0) is 18.6 Å². The maximum absolute atomic E-state index is 14.0. The van der Waals surface area contributed by atoms with Crippen molar-refractivity contribution in [2.45, 2.75) is 32.1 Å². The molecule has 2 aromatic carbocycles. The summed E-state index contributed by atoms with van der Waals surface area (Å²) in [6.45, 7) is 2.07. The first kappa shape index (κ1) is 22.6. The summed E-state index contributed by atoms with van der Waals surface area (Å²) in [5.41, 5.74) is 3.37. The number of rotatable bonds is 6. The quantitative estimate of drug-likeness (QED) is 0.273. The highest BCUT2D eigenvalue weighted by atomic mass is 35.5. The Bertz CT molecular complexity index is 1410. The van der Waals surface area contributed by atoms with Crippen LogP contribution in [0.4, 0.5) is 4.39 Å². The van der Waals surface area contributed by atoms with Crippen LogP contribution in [-0.2, 0) is 22.5 Å². The molecule has 0 saturated heterocycles. The molecule has 3 heterocycles. The SMILES string of the molecule is CCOC(=O)C(c1ncn2c1C[C@@H](F)C2)n1cc2c(Cl)cc(-c3ccc(C=O)cc3)c(Cl)c2n1. The molecule has 10 heteroatoms. The van der Waals surface area contributed by atoms with E-state index in [1.165, 1.54) is 11.0 Å². The number of esters is 1. The predicted octanol–water partition coefficient (Wildman–Crippen LogP) is 5.07. The Hall–Kier alpha value is -3.23. The van der Waals surface area contributed by atoms with Crippen molar-refractivity contribution in [3.8, 4) is 11.1 Å². The Morgan fingerprint density at radius 2 is 2.09 bits per heavy atom. The number of halogens is 3. The summed E-state index contributed by atoms with van der Waals surface area (Å²) >= 11 is 13.3. The second kappa shape index (κ2) is 8.85. The van der Waals surface area contributed by atoms with E-state index in [9.17, 15) is 14.0 Å². The van der Waals surface area contributed by atoms with Crippen LogP contribution in [-0.4, -0.2) is 44.4 Å². The molecule has 4 aromatic rings. The summed E-state index contributed by atoms with van der Waals surface area (Å²) in [7, 11) is 0. The van der Waals surface area contributed by atoms with Crippen LogP contribution < -0.4 is 0 Å². The topological polar surface area (TPSA) is 79.0 Å². The Morgan fingerprint density at radius 3 is 2.79 bits per heavy atom. The number of ether oxygens (including phenoxy) is 1.